The second-order valence-corrected chi connectivity index (χ2v) is 10.3. The van der Waals surface area contributed by atoms with Crippen LogP contribution in [0.4, 0.5) is 0 Å². The van der Waals surface area contributed by atoms with Crippen molar-refractivity contribution in [2.45, 2.75) is 104 Å². The number of rotatable bonds is 22. The molecule has 22 N–H and O–H groups in total. The lowest BCUT2D eigenvalue weighted by atomic mass is 10.0. The van der Waals surface area contributed by atoms with Crippen LogP contribution in [0.25, 0.3) is 0 Å². The zero-order valence-corrected chi connectivity index (χ0v) is 28.1. The third-order valence-corrected chi connectivity index (χ3v) is 6.05. The fraction of sp³-hybridized carbons (Fsp3) is 0.815. The van der Waals surface area contributed by atoms with E-state index in [1.165, 1.54) is 0 Å². The van der Waals surface area contributed by atoms with Crippen molar-refractivity contribution in [3.63, 3.8) is 0 Å². The average molecular weight is 811 g/mol. The Morgan fingerprint density at radius 2 is 0.370 bits per heavy atom. The average Bonchev–Trinajstić information content (AvgIpc) is 3.21. The Hall–Kier alpha value is -2.53. The first-order chi connectivity index (χ1) is 25.0. The van der Waals surface area contributed by atoms with Crippen molar-refractivity contribution in [3.05, 3.63) is 0 Å². The quantitative estimate of drug-likeness (QED) is 0.0451. The standard InChI is InChI=1S/2C6H12O6.3C5H10O5/c2*7-1-3(9)5(11)6(12)4(10)2-8;3*6-1-3(8)5(10)4(9)2-7/h2*1,3-6,8-12H,2H2;3*1,3-5,7-10H,2H2/t3-,4-,5-,6+;3-,4-,5-,6-;3-,4+,5+;3-,4+,5-;3-,4-,5-/m11001/s1. The molecule has 0 radical (unpaired) electrons. The third kappa shape index (κ3) is 27.1. The molecular formula is C27H54O27. The predicted octanol–water partition coefficient (Wildman–Crippen LogP) is -15.0. The van der Waals surface area contributed by atoms with E-state index < -0.39 is 137 Å². The smallest absolute Gasteiger partial charge is 0.151 e. The largest absolute Gasteiger partial charge is 0.394 e. The van der Waals surface area contributed by atoms with E-state index in [4.69, 9.17) is 112 Å². The molecule has 0 aromatic carbocycles. The Morgan fingerprint density at radius 1 is 0.241 bits per heavy atom. The van der Waals surface area contributed by atoms with Gasteiger partial charge in [-0.2, -0.15) is 0 Å². The maximum absolute atomic E-state index is 9.90. The van der Waals surface area contributed by atoms with Crippen LogP contribution in [0.3, 0.4) is 0 Å². The van der Waals surface area contributed by atoms with E-state index in [9.17, 15) is 24.0 Å². The number of aliphatic hydroxyl groups is 22. The minimum Gasteiger partial charge on any atom is -0.394 e. The van der Waals surface area contributed by atoms with Crippen LogP contribution in [0.1, 0.15) is 0 Å². The van der Waals surface area contributed by atoms with Gasteiger partial charge in [0.2, 0.25) is 0 Å². The summed E-state index contributed by atoms with van der Waals surface area (Å²) in [5, 5.41) is 189. The van der Waals surface area contributed by atoms with Crippen LogP contribution in [-0.4, -0.2) is 281 Å². The van der Waals surface area contributed by atoms with Gasteiger partial charge >= 0.3 is 0 Å². The lowest BCUT2D eigenvalue weighted by Crippen LogP contribution is -2.46. The summed E-state index contributed by atoms with van der Waals surface area (Å²) < 4.78 is 0. The summed E-state index contributed by atoms with van der Waals surface area (Å²) in [5.41, 5.74) is 0. The van der Waals surface area contributed by atoms with Gasteiger partial charge in [0.15, 0.2) is 31.4 Å². The molecule has 0 aromatic heterocycles. The van der Waals surface area contributed by atoms with Crippen LogP contribution >= 0.6 is 0 Å². The minimum absolute atomic E-state index is 0.0258. The van der Waals surface area contributed by atoms with E-state index in [1.807, 2.05) is 0 Å². The zero-order valence-electron chi connectivity index (χ0n) is 28.1. The molecule has 0 heterocycles. The van der Waals surface area contributed by atoms with Gasteiger partial charge in [0, 0.05) is 0 Å². The molecule has 0 aliphatic rings. The molecule has 54 heavy (non-hydrogen) atoms. The van der Waals surface area contributed by atoms with E-state index in [-0.39, 0.29) is 31.4 Å². The van der Waals surface area contributed by atoms with Gasteiger partial charge in [0.1, 0.15) is 104 Å². The first-order valence-electron chi connectivity index (χ1n) is 14.9. The molecule has 0 unspecified atom stereocenters. The number of hydrogen-bond donors (Lipinski definition) is 22. The summed E-state index contributed by atoms with van der Waals surface area (Å²) in [6.45, 7) is -3.59. The Labute approximate surface area is 305 Å². The molecule has 0 bridgehead atoms. The van der Waals surface area contributed by atoms with Crippen LogP contribution in [0.15, 0.2) is 0 Å². The second kappa shape index (κ2) is 36.1. The first-order valence-corrected chi connectivity index (χ1v) is 14.9. The van der Waals surface area contributed by atoms with Crippen LogP contribution < -0.4 is 0 Å². The highest BCUT2D eigenvalue weighted by molar-refractivity contribution is 5.58. The van der Waals surface area contributed by atoms with Gasteiger partial charge in [-0.05, 0) is 0 Å². The highest BCUT2D eigenvalue weighted by Crippen LogP contribution is 2.04. The summed E-state index contributed by atoms with van der Waals surface area (Å²) in [7, 11) is 0. The molecule has 0 aromatic rings. The van der Waals surface area contributed by atoms with Gasteiger partial charge in [-0.1, -0.05) is 0 Å². The van der Waals surface area contributed by atoms with Gasteiger partial charge in [0.05, 0.1) is 33.0 Å². The molecule has 0 aliphatic carbocycles. The summed E-state index contributed by atoms with van der Waals surface area (Å²) in [6.07, 6.45) is -27.6. The van der Waals surface area contributed by atoms with Gasteiger partial charge in [-0.15, -0.1) is 0 Å². The molecular weight excluding hydrogens is 756 g/mol. The van der Waals surface area contributed by atoms with Crippen LogP contribution in [-0.2, 0) is 24.0 Å². The van der Waals surface area contributed by atoms with E-state index in [0.717, 1.165) is 0 Å². The van der Waals surface area contributed by atoms with Gasteiger partial charge in [0.25, 0.3) is 0 Å². The molecule has 0 aliphatic heterocycles. The lowest BCUT2D eigenvalue weighted by Gasteiger charge is -2.22. The molecule has 324 valence electrons. The van der Waals surface area contributed by atoms with E-state index in [1.54, 1.807) is 0 Å². The van der Waals surface area contributed by atoms with Crippen molar-refractivity contribution in [1.29, 1.82) is 0 Å². The first kappa shape index (κ1) is 60.7. The lowest BCUT2D eigenvalue weighted by molar-refractivity contribution is -0.136. The molecule has 0 saturated carbocycles. The molecule has 0 saturated heterocycles. The second-order valence-electron chi connectivity index (χ2n) is 10.3. The predicted molar refractivity (Wildman–Crippen MR) is 168 cm³/mol. The molecule has 0 rings (SSSR count). The van der Waals surface area contributed by atoms with Gasteiger partial charge in [-0.25, -0.2) is 0 Å². The number of aldehydes is 5. The minimum atomic E-state index is -1.79. The molecule has 17 atom stereocenters. The van der Waals surface area contributed by atoms with Gasteiger partial charge in [-0.3, -0.25) is 0 Å². The fourth-order valence-electron chi connectivity index (χ4n) is 2.48. The Morgan fingerprint density at radius 3 is 0.500 bits per heavy atom. The Balaban J connectivity index is -0.000000186. The number of carbonyl (C=O) groups excluding carboxylic acids is 5. The zero-order chi connectivity index (χ0) is 43.9. The van der Waals surface area contributed by atoms with Crippen LogP contribution in [0.5, 0.6) is 0 Å². The maximum Gasteiger partial charge on any atom is 0.151 e. The number of carbonyl (C=O) groups is 5. The maximum atomic E-state index is 9.90. The van der Waals surface area contributed by atoms with E-state index in [2.05, 4.69) is 0 Å². The molecule has 27 heteroatoms. The topological polar surface area (TPSA) is 530 Å². The SMILES string of the molecule is O=C[C@@H](O)[C@@H](O)[C@@H](O)[C@H](O)CO.O=C[C@@H](O)[C@@H](O)[C@H](O)CO.O=C[C@@H](O)[C@@H](O)[C@H](O)[C@H](O)CO.O=C[C@H](O)[C@@H](O)[C@H](O)CO.O=C[C@H](O)[C@H](O)[C@H](O)CO. The third-order valence-electron chi connectivity index (χ3n) is 6.05. The van der Waals surface area contributed by atoms with E-state index >= 15 is 0 Å². The monoisotopic (exact) mass is 810 g/mol. The summed E-state index contributed by atoms with van der Waals surface area (Å²) in [6, 6.07) is 0. The molecule has 0 amide bonds. The molecule has 27 nitrogen and oxygen atoms in total. The van der Waals surface area contributed by atoms with Crippen molar-refractivity contribution in [2.24, 2.45) is 0 Å². The Bertz CT molecular complexity index is 823. The van der Waals surface area contributed by atoms with E-state index in [0.29, 0.717) is 0 Å². The highest BCUT2D eigenvalue weighted by Gasteiger charge is 2.30. The summed E-state index contributed by atoms with van der Waals surface area (Å²) in [4.78, 5) is 49.1. The molecule has 0 fully saturated rings. The fourth-order valence-corrected chi connectivity index (χ4v) is 2.48. The Kier molecular flexibility index (Phi) is 40.6. The van der Waals surface area contributed by atoms with Crippen molar-refractivity contribution in [3.8, 4) is 0 Å². The van der Waals surface area contributed by atoms with Crippen molar-refractivity contribution in [1.82, 2.24) is 0 Å². The number of aliphatic hydroxyl groups excluding tert-OH is 22. The van der Waals surface area contributed by atoms with Crippen LogP contribution in [0, 0.1) is 0 Å². The van der Waals surface area contributed by atoms with Crippen molar-refractivity contribution >= 4 is 31.4 Å². The van der Waals surface area contributed by atoms with Crippen molar-refractivity contribution in [2.75, 3.05) is 33.0 Å². The normalized spacial score (nSPS) is 20.3. The molecule has 0 spiro atoms. The summed E-state index contributed by atoms with van der Waals surface area (Å²) in [5.74, 6) is 0. The van der Waals surface area contributed by atoms with Gasteiger partial charge < -0.3 is 136 Å². The highest BCUT2D eigenvalue weighted by atomic mass is 16.4. The summed E-state index contributed by atoms with van der Waals surface area (Å²) >= 11 is 0. The van der Waals surface area contributed by atoms with Crippen LogP contribution in [0.2, 0.25) is 0 Å². The number of hydrogen-bond acceptors (Lipinski definition) is 27. The van der Waals surface area contributed by atoms with Crippen molar-refractivity contribution < 1.29 is 136 Å².